The molecule has 2 atom stereocenters. The maximum absolute atomic E-state index is 12.3. The predicted molar refractivity (Wildman–Crippen MR) is 93.6 cm³/mol. The van der Waals surface area contributed by atoms with Gasteiger partial charge in [-0.15, -0.1) is 0 Å². The van der Waals surface area contributed by atoms with Gasteiger partial charge in [-0.1, -0.05) is 13.0 Å². The topological polar surface area (TPSA) is 101 Å². The number of methoxy groups -OCH3 is 1. The zero-order valence-electron chi connectivity index (χ0n) is 14.3. The number of nitrogens with one attached hydrogen (secondary N) is 2. The summed E-state index contributed by atoms with van der Waals surface area (Å²) in [6.07, 6.45) is 1.47. The predicted octanol–water partition coefficient (Wildman–Crippen LogP) is 2.19. The van der Waals surface area contributed by atoms with Gasteiger partial charge in [0.1, 0.15) is 5.75 Å². The van der Waals surface area contributed by atoms with Gasteiger partial charge in [0.2, 0.25) is 5.91 Å². The molecule has 0 saturated carbocycles. The fraction of sp³-hybridized carbons (Fsp3) is 0.278. The van der Waals surface area contributed by atoms with Crippen molar-refractivity contribution >= 4 is 17.6 Å². The molecule has 0 aliphatic carbocycles. The van der Waals surface area contributed by atoms with Crippen molar-refractivity contribution < 1.29 is 19.4 Å². The zero-order valence-corrected chi connectivity index (χ0v) is 14.3. The smallest absolute Gasteiger partial charge is 0.251 e. The van der Waals surface area contributed by atoms with Crippen LogP contribution < -0.4 is 15.4 Å². The first kappa shape index (κ1) is 18.3. The van der Waals surface area contributed by atoms with Crippen molar-refractivity contribution in [2.45, 2.75) is 19.9 Å². The number of nitrogens with zero attached hydrogens (tertiary/aromatic N) is 1. The van der Waals surface area contributed by atoms with Gasteiger partial charge in [0.05, 0.1) is 13.0 Å². The quantitative estimate of drug-likeness (QED) is 0.746. The number of carbonyl (C=O) groups excluding carboxylic acids is 2. The summed E-state index contributed by atoms with van der Waals surface area (Å²) in [7, 11) is 1.53. The summed E-state index contributed by atoms with van der Waals surface area (Å²) in [6.45, 7) is 3.42. The van der Waals surface area contributed by atoms with Crippen LogP contribution in [0.5, 0.6) is 11.5 Å². The van der Waals surface area contributed by atoms with E-state index in [4.69, 9.17) is 4.74 Å². The van der Waals surface area contributed by atoms with Crippen molar-refractivity contribution in [3.05, 3.63) is 48.2 Å². The van der Waals surface area contributed by atoms with Crippen LogP contribution in [0.3, 0.4) is 0 Å². The van der Waals surface area contributed by atoms with Crippen molar-refractivity contribution in [3.8, 4) is 11.5 Å². The molecule has 0 fully saturated rings. The SMILES string of the molecule is COc1cccc(C(=O)NC(C)C(C)C(=O)Nc2ncccc2O)c1. The summed E-state index contributed by atoms with van der Waals surface area (Å²) in [6, 6.07) is 9.32. The lowest BCUT2D eigenvalue weighted by Crippen LogP contribution is -2.42. The second-order valence-corrected chi connectivity index (χ2v) is 5.64. The number of benzene rings is 1. The van der Waals surface area contributed by atoms with Crippen molar-refractivity contribution in [2.75, 3.05) is 12.4 Å². The minimum atomic E-state index is -0.532. The first-order valence-electron chi connectivity index (χ1n) is 7.82. The van der Waals surface area contributed by atoms with E-state index in [0.29, 0.717) is 11.3 Å². The molecule has 1 heterocycles. The number of aromatic nitrogens is 1. The Balaban J connectivity index is 1.99. The average Bonchev–Trinajstić information content (AvgIpc) is 2.62. The summed E-state index contributed by atoms with van der Waals surface area (Å²) in [4.78, 5) is 28.5. The molecule has 0 saturated heterocycles. The van der Waals surface area contributed by atoms with E-state index in [1.165, 1.54) is 19.4 Å². The molecular weight excluding hydrogens is 322 g/mol. The number of hydrogen-bond donors (Lipinski definition) is 3. The molecule has 2 aromatic rings. The number of pyridine rings is 1. The Hall–Kier alpha value is -3.09. The summed E-state index contributed by atoms with van der Waals surface area (Å²) < 4.78 is 5.10. The highest BCUT2D eigenvalue weighted by atomic mass is 16.5. The normalized spacial score (nSPS) is 12.8. The van der Waals surface area contributed by atoms with Crippen LogP contribution in [0, 0.1) is 5.92 Å². The lowest BCUT2D eigenvalue weighted by molar-refractivity contribution is -0.120. The van der Waals surface area contributed by atoms with Gasteiger partial charge in [0, 0.05) is 17.8 Å². The Kier molecular flexibility index (Phi) is 5.94. The molecule has 0 radical (unpaired) electrons. The minimum absolute atomic E-state index is 0.0886. The Morgan fingerprint density at radius 3 is 2.64 bits per heavy atom. The van der Waals surface area contributed by atoms with Crippen LogP contribution in [0.2, 0.25) is 0 Å². The van der Waals surface area contributed by atoms with Crippen LogP contribution in [-0.2, 0) is 4.79 Å². The van der Waals surface area contributed by atoms with Crippen LogP contribution in [0.1, 0.15) is 24.2 Å². The van der Waals surface area contributed by atoms with Gasteiger partial charge in [0.15, 0.2) is 11.6 Å². The third-order valence-corrected chi connectivity index (χ3v) is 3.88. The lowest BCUT2D eigenvalue weighted by atomic mass is 10.0. The molecule has 132 valence electrons. The molecule has 7 heteroatoms. The number of rotatable bonds is 6. The molecule has 2 rings (SSSR count). The Morgan fingerprint density at radius 2 is 1.96 bits per heavy atom. The van der Waals surface area contributed by atoms with Crippen molar-refractivity contribution in [3.63, 3.8) is 0 Å². The molecule has 2 amide bonds. The Bertz CT molecular complexity index is 763. The molecule has 1 aromatic carbocycles. The molecular formula is C18H21N3O4. The third kappa shape index (κ3) is 4.69. The number of anilines is 1. The monoisotopic (exact) mass is 343 g/mol. The number of hydrogen-bond acceptors (Lipinski definition) is 5. The van der Waals surface area contributed by atoms with Crippen molar-refractivity contribution in [1.29, 1.82) is 0 Å². The second-order valence-electron chi connectivity index (χ2n) is 5.64. The Labute approximate surface area is 146 Å². The van der Waals surface area contributed by atoms with Gasteiger partial charge in [-0.2, -0.15) is 0 Å². The molecule has 2 unspecified atom stereocenters. The van der Waals surface area contributed by atoms with Gasteiger partial charge in [-0.3, -0.25) is 9.59 Å². The summed E-state index contributed by atoms with van der Waals surface area (Å²) in [5.41, 5.74) is 0.446. The molecule has 25 heavy (non-hydrogen) atoms. The molecule has 0 bridgehead atoms. The molecule has 0 aliphatic rings. The first-order valence-corrected chi connectivity index (χ1v) is 7.82. The zero-order chi connectivity index (χ0) is 18.4. The van der Waals surface area contributed by atoms with Crippen LogP contribution in [0.25, 0.3) is 0 Å². The van der Waals surface area contributed by atoms with E-state index in [1.807, 2.05) is 0 Å². The lowest BCUT2D eigenvalue weighted by Gasteiger charge is -2.21. The van der Waals surface area contributed by atoms with Gasteiger partial charge in [-0.25, -0.2) is 4.98 Å². The highest BCUT2D eigenvalue weighted by molar-refractivity contribution is 5.96. The van der Waals surface area contributed by atoms with Crippen LogP contribution in [0.4, 0.5) is 5.82 Å². The maximum atomic E-state index is 12.3. The standard InChI is InChI=1S/C18H21N3O4/c1-11(17(23)21-16-15(22)8-5-9-19-16)12(2)20-18(24)13-6-4-7-14(10-13)25-3/h4-12,22H,1-3H3,(H,20,24)(H,19,21,23). The van der Waals surface area contributed by atoms with Gasteiger partial charge < -0.3 is 20.5 Å². The maximum Gasteiger partial charge on any atom is 0.251 e. The van der Waals surface area contributed by atoms with E-state index in [-0.39, 0.29) is 23.4 Å². The van der Waals surface area contributed by atoms with Gasteiger partial charge >= 0.3 is 0 Å². The Morgan fingerprint density at radius 1 is 1.20 bits per heavy atom. The molecule has 0 spiro atoms. The van der Waals surface area contributed by atoms with Gasteiger partial charge in [0.25, 0.3) is 5.91 Å². The van der Waals surface area contributed by atoms with Crippen LogP contribution in [-0.4, -0.2) is 35.1 Å². The third-order valence-electron chi connectivity index (χ3n) is 3.88. The molecule has 1 aromatic heterocycles. The summed E-state index contributed by atoms with van der Waals surface area (Å²) in [5, 5.41) is 15.0. The largest absolute Gasteiger partial charge is 0.504 e. The van der Waals surface area contributed by atoms with E-state index >= 15 is 0 Å². The second kappa shape index (κ2) is 8.14. The number of ether oxygens (including phenoxy) is 1. The number of amides is 2. The molecule has 7 nitrogen and oxygen atoms in total. The highest BCUT2D eigenvalue weighted by Crippen LogP contribution is 2.19. The molecule has 0 aliphatic heterocycles. The highest BCUT2D eigenvalue weighted by Gasteiger charge is 2.23. The van der Waals surface area contributed by atoms with Crippen molar-refractivity contribution in [1.82, 2.24) is 10.3 Å². The minimum Gasteiger partial charge on any atom is -0.504 e. The molecule has 3 N–H and O–H groups in total. The van der Waals surface area contributed by atoms with Crippen molar-refractivity contribution in [2.24, 2.45) is 5.92 Å². The van der Waals surface area contributed by atoms with Crippen LogP contribution >= 0.6 is 0 Å². The number of carbonyl (C=O) groups is 2. The van der Waals surface area contributed by atoms with E-state index in [2.05, 4.69) is 15.6 Å². The van der Waals surface area contributed by atoms with Crippen LogP contribution in [0.15, 0.2) is 42.6 Å². The first-order chi connectivity index (χ1) is 11.9. The van der Waals surface area contributed by atoms with E-state index < -0.39 is 12.0 Å². The van der Waals surface area contributed by atoms with E-state index in [1.54, 1.807) is 44.2 Å². The van der Waals surface area contributed by atoms with Gasteiger partial charge in [-0.05, 0) is 37.3 Å². The summed E-state index contributed by atoms with van der Waals surface area (Å²) in [5.74, 6) is -0.631. The fourth-order valence-electron chi connectivity index (χ4n) is 2.13. The average molecular weight is 343 g/mol. The van der Waals surface area contributed by atoms with E-state index in [0.717, 1.165) is 0 Å². The summed E-state index contributed by atoms with van der Waals surface area (Å²) >= 11 is 0. The van der Waals surface area contributed by atoms with E-state index in [9.17, 15) is 14.7 Å². The fourth-order valence-corrected chi connectivity index (χ4v) is 2.13. The number of aromatic hydroxyl groups is 1.